The van der Waals surface area contributed by atoms with Gasteiger partial charge in [0.25, 0.3) is 0 Å². The average molecular weight is 380 g/mol. The van der Waals surface area contributed by atoms with Crippen LogP contribution in [0.2, 0.25) is 0 Å². The molecule has 4 rings (SSSR count). The van der Waals surface area contributed by atoms with E-state index in [2.05, 4.69) is 44.1 Å². The van der Waals surface area contributed by atoms with E-state index in [4.69, 9.17) is 0 Å². The van der Waals surface area contributed by atoms with Crippen LogP contribution >= 0.6 is 0 Å². The van der Waals surface area contributed by atoms with Crippen molar-refractivity contribution in [3.63, 3.8) is 0 Å². The first-order valence-electron chi connectivity index (χ1n) is 10.2. The molecule has 7 heteroatoms. The van der Waals surface area contributed by atoms with Crippen molar-refractivity contribution in [2.45, 2.75) is 65.0 Å². The highest BCUT2D eigenvalue weighted by molar-refractivity contribution is 5.82. The molecule has 0 saturated heterocycles. The third-order valence-electron chi connectivity index (χ3n) is 5.32. The summed E-state index contributed by atoms with van der Waals surface area (Å²) in [6.45, 7) is 4.96. The highest BCUT2D eigenvalue weighted by atomic mass is 16.1. The van der Waals surface area contributed by atoms with Gasteiger partial charge in [-0.25, -0.2) is 0 Å². The maximum atomic E-state index is 12.4. The third kappa shape index (κ3) is 4.24. The molecular weight excluding hydrogens is 352 g/mol. The summed E-state index contributed by atoms with van der Waals surface area (Å²) in [5.41, 5.74) is 2.05. The molecule has 1 aromatic carbocycles. The monoisotopic (exact) mass is 380 g/mol. The molecule has 0 radical (unpaired) electrons. The van der Waals surface area contributed by atoms with Crippen molar-refractivity contribution < 1.29 is 4.79 Å². The molecule has 1 amide bonds. The maximum Gasteiger partial charge on any atom is 0.220 e. The van der Waals surface area contributed by atoms with Crippen molar-refractivity contribution in [1.29, 1.82) is 0 Å². The summed E-state index contributed by atoms with van der Waals surface area (Å²) in [6, 6.07) is 6.51. The van der Waals surface area contributed by atoms with Crippen LogP contribution in [-0.2, 0) is 24.2 Å². The molecule has 7 nitrogen and oxygen atoms in total. The fourth-order valence-corrected chi connectivity index (χ4v) is 3.56. The predicted molar refractivity (Wildman–Crippen MR) is 108 cm³/mol. The van der Waals surface area contributed by atoms with Gasteiger partial charge in [0.1, 0.15) is 11.6 Å². The van der Waals surface area contributed by atoms with Gasteiger partial charge in [-0.2, -0.15) is 5.10 Å². The maximum absolute atomic E-state index is 12.4. The van der Waals surface area contributed by atoms with Crippen molar-refractivity contribution in [3.8, 4) is 0 Å². The molecule has 0 unspecified atom stereocenters. The van der Waals surface area contributed by atoms with Gasteiger partial charge in [-0.3, -0.25) is 9.89 Å². The van der Waals surface area contributed by atoms with Crippen molar-refractivity contribution in [2.75, 3.05) is 0 Å². The number of hydrogen-bond acceptors (Lipinski definition) is 4. The molecule has 1 fully saturated rings. The second kappa shape index (κ2) is 8.12. The lowest BCUT2D eigenvalue weighted by molar-refractivity contribution is -0.121. The van der Waals surface area contributed by atoms with Gasteiger partial charge >= 0.3 is 0 Å². The number of aryl methyl sites for hydroxylation is 2. The standard InChI is InChI=1S/C21H28N6O/c1-14(2)6-9-19-25-26-20(27(19)16-7-8-16)10-11-21(28)22-12-15-4-3-5-18-17(15)13-23-24-18/h3-5,13-14,16H,6-12H2,1-2H3,(H,22,28)(H,23,24). The summed E-state index contributed by atoms with van der Waals surface area (Å²) in [5.74, 6) is 2.72. The number of carbonyl (C=O) groups excluding carboxylic acids is 1. The lowest BCUT2D eigenvalue weighted by Gasteiger charge is -2.10. The summed E-state index contributed by atoms with van der Waals surface area (Å²) < 4.78 is 2.29. The molecule has 148 valence electrons. The van der Waals surface area contributed by atoms with Gasteiger partial charge in [-0.1, -0.05) is 26.0 Å². The van der Waals surface area contributed by atoms with E-state index >= 15 is 0 Å². The molecule has 0 atom stereocenters. The van der Waals surface area contributed by atoms with E-state index in [9.17, 15) is 4.79 Å². The highest BCUT2D eigenvalue weighted by Crippen LogP contribution is 2.37. The van der Waals surface area contributed by atoms with Gasteiger partial charge in [0.05, 0.1) is 11.7 Å². The van der Waals surface area contributed by atoms with Gasteiger partial charge in [0.15, 0.2) is 0 Å². The minimum Gasteiger partial charge on any atom is -0.352 e. The predicted octanol–water partition coefficient (Wildman–Crippen LogP) is 3.33. The van der Waals surface area contributed by atoms with Crippen LogP contribution < -0.4 is 5.32 Å². The lowest BCUT2D eigenvalue weighted by Crippen LogP contribution is -2.23. The van der Waals surface area contributed by atoms with Crippen LogP contribution in [0.3, 0.4) is 0 Å². The minimum absolute atomic E-state index is 0.0366. The number of aromatic amines is 1. The topological polar surface area (TPSA) is 88.5 Å². The van der Waals surface area contributed by atoms with Crippen molar-refractivity contribution in [1.82, 2.24) is 30.3 Å². The molecule has 0 bridgehead atoms. The van der Waals surface area contributed by atoms with Gasteiger partial charge in [0.2, 0.25) is 5.91 Å². The first-order valence-corrected chi connectivity index (χ1v) is 10.2. The van der Waals surface area contributed by atoms with E-state index < -0.39 is 0 Å². The second-order valence-corrected chi connectivity index (χ2v) is 8.09. The Hall–Kier alpha value is -2.70. The summed E-state index contributed by atoms with van der Waals surface area (Å²) in [5, 5.41) is 19.9. The van der Waals surface area contributed by atoms with Gasteiger partial charge in [-0.15, -0.1) is 10.2 Å². The zero-order chi connectivity index (χ0) is 19.5. The van der Waals surface area contributed by atoms with Crippen molar-refractivity contribution in [3.05, 3.63) is 41.6 Å². The molecule has 1 aliphatic rings. The number of amides is 1. The van der Waals surface area contributed by atoms with Crippen LogP contribution in [-0.4, -0.2) is 30.9 Å². The molecule has 28 heavy (non-hydrogen) atoms. The molecule has 1 aliphatic carbocycles. The quantitative estimate of drug-likeness (QED) is 0.596. The smallest absolute Gasteiger partial charge is 0.220 e. The number of carbonyl (C=O) groups is 1. The molecule has 0 aliphatic heterocycles. The van der Waals surface area contributed by atoms with E-state index in [-0.39, 0.29) is 5.91 Å². The minimum atomic E-state index is 0.0366. The largest absolute Gasteiger partial charge is 0.352 e. The summed E-state index contributed by atoms with van der Waals surface area (Å²) >= 11 is 0. The Morgan fingerprint density at radius 1 is 1.25 bits per heavy atom. The molecular formula is C21H28N6O. The molecule has 1 saturated carbocycles. The van der Waals surface area contributed by atoms with E-state index in [0.29, 0.717) is 31.3 Å². The van der Waals surface area contributed by atoms with Crippen LogP contribution in [0.15, 0.2) is 24.4 Å². The Kier molecular flexibility index (Phi) is 5.41. The van der Waals surface area contributed by atoms with E-state index in [0.717, 1.165) is 41.0 Å². The second-order valence-electron chi connectivity index (χ2n) is 8.09. The molecule has 2 heterocycles. The van der Waals surface area contributed by atoms with Crippen LogP contribution in [0, 0.1) is 5.92 Å². The lowest BCUT2D eigenvalue weighted by atomic mass is 10.1. The molecule has 2 aromatic heterocycles. The van der Waals surface area contributed by atoms with Crippen LogP contribution in [0.4, 0.5) is 0 Å². The van der Waals surface area contributed by atoms with Crippen LogP contribution in [0.5, 0.6) is 0 Å². The number of aromatic nitrogens is 5. The first kappa shape index (κ1) is 18.7. The average Bonchev–Trinajstić information content (AvgIpc) is 3.25. The summed E-state index contributed by atoms with van der Waals surface area (Å²) in [7, 11) is 0. The number of nitrogens with zero attached hydrogens (tertiary/aromatic N) is 4. The normalized spacial score (nSPS) is 14.1. The number of benzene rings is 1. The third-order valence-corrected chi connectivity index (χ3v) is 5.32. The zero-order valence-electron chi connectivity index (χ0n) is 16.6. The number of rotatable bonds is 9. The van der Waals surface area contributed by atoms with Crippen LogP contribution in [0.25, 0.3) is 10.9 Å². The Bertz CT molecular complexity index is 953. The van der Waals surface area contributed by atoms with E-state index in [1.165, 1.54) is 12.8 Å². The molecule has 2 N–H and O–H groups in total. The van der Waals surface area contributed by atoms with Crippen LogP contribution in [0.1, 0.15) is 62.8 Å². The molecule has 0 spiro atoms. The number of H-pyrrole nitrogens is 1. The Labute approximate surface area is 164 Å². The van der Waals surface area contributed by atoms with Gasteiger partial charge in [-0.05, 0) is 36.8 Å². The first-order chi connectivity index (χ1) is 13.6. The Balaban J connectivity index is 1.34. The van der Waals surface area contributed by atoms with E-state index in [1.807, 2.05) is 18.2 Å². The van der Waals surface area contributed by atoms with Gasteiger partial charge in [0, 0.05) is 37.2 Å². The van der Waals surface area contributed by atoms with Crippen molar-refractivity contribution in [2.24, 2.45) is 5.92 Å². The Morgan fingerprint density at radius 2 is 2.04 bits per heavy atom. The summed E-state index contributed by atoms with van der Waals surface area (Å²) in [6.07, 6.45) is 7.32. The fraction of sp³-hybridized carbons (Fsp3) is 0.524. The van der Waals surface area contributed by atoms with Crippen molar-refractivity contribution >= 4 is 16.8 Å². The molecule has 3 aromatic rings. The number of nitrogens with one attached hydrogen (secondary N) is 2. The summed E-state index contributed by atoms with van der Waals surface area (Å²) in [4.78, 5) is 12.4. The van der Waals surface area contributed by atoms with E-state index in [1.54, 1.807) is 6.20 Å². The SMILES string of the molecule is CC(C)CCc1nnc(CCC(=O)NCc2cccc3[nH]ncc23)n1C1CC1. The Morgan fingerprint density at radius 3 is 2.79 bits per heavy atom. The zero-order valence-corrected chi connectivity index (χ0v) is 16.6. The fourth-order valence-electron chi connectivity index (χ4n) is 3.56. The van der Waals surface area contributed by atoms with Gasteiger partial charge < -0.3 is 9.88 Å². The highest BCUT2D eigenvalue weighted by Gasteiger charge is 2.29. The number of fused-ring (bicyclic) bond motifs is 1. The number of hydrogen-bond donors (Lipinski definition) is 2.